The molecular weight excluding hydrogens is 282 g/mol. The third-order valence-corrected chi connectivity index (χ3v) is 4.29. The standard InChI is InChI=1S/C16H23N3O3/c1-11-15(22-9-8-21-11)16(20)19(2)10-14-12-6-4-3-5-7-13(12)17-18-14/h3-10H2,1-2H3,(H,17,18). The van der Waals surface area contributed by atoms with E-state index in [9.17, 15) is 4.79 Å². The third kappa shape index (κ3) is 2.96. The number of allylic oxidation sites excluding steroid dienone is 1. The van der Waals surface area contributed by atoms with Crippen LogP contribution in [0.5, 0.6) is 0 Å². The number of carbonyl (C=O) groups is 1. The third-order valence-electron chi connectivity index (χ3n) is 4.29. The number of nitrogens with zero attached hydrogens (tertiary/aromatic N) is 2. The topological polar surface area (TPSA) is 67.5 Å². The average Bonchev–Trinajstić information content (AvgIpc) is 2.74. The molecule has 2 heterocycles. The van der Waals surface area contributed by atoms with Crippen molar-refractivity contribution in [2.45, 2.75) is 45.6 Å². The Balaban J connectivity index is 1.73. The second kappa shape index (κ2) is 6.42. The number of rotatable bonds is 3. The van der Waals surface area contributed by atoms with Crippen LogP contribution in [-0.2, 0) is 33.7 Å². The number of hydrogen-bond acceptors (Lipinski definition) is 4. The maximum Gasteiger partial charge on any atom is 0.292 e. The van der Waals surface area contributed by atoms with Gasteiger partial charge in [-0.05, 0) is 38.2 Å². The largest absolute Gasteiger partial charge is 0.491 e. The molecule has 0 atom stereocenters. The molecule has 0 saturated carbocycles. The number of amides is 1. The minimum atomic E-state index is -0.150. The molecule has 0 fully saturated rings. The van der Waals surface area contributed by atoms with E-state index in [-0.39, 0.29) is 5.91 Å². The summed E-state index contributed by atoms with van der Waals surface area (Å²) in [6.07, 6.45) is 5.76. The fourth-order valence-corrected chi connectivity index (χ4v) is 3.04. The lowest BCUT2D eigenvalue weighted by Crippen LogP contribution is -2.32. The molecule has 1 aromatic heterocycles. The number of aromatic amines is 1. The molecule has 1 amide bonds. The van der Waals surface area contributed by atoms with Gasteiger partial charge in [-0.15, -0.1) is 0 Å². The van der Waals surface area contributed by atoms with Crippen LogP contribution in [-0.4, -0.2) is 41.3 Å². The first-order valence-corrected chi connectivity index (χ1v) is 7.93. The fraction of sp³-hybridized carbons (Fsp3) is 0.625. The van der Waals surface area contributed by atoms with Crippen LogP contribution in [0.15, 0.2) is 11.5 Å². The SMILES string of the molecule is CC1=C(C(=O)N(C)Cc2n[nH]c3c2CCCCC3)OCCO1. The monoisotopic (exact) mass is 305 g/mol. The van der Waals surface area contributed by atoms with Crippen LogP contribution >= 0.6 is 0 Å². The summed E-state index contributed by atoms with van der Waals surface area (Å²) in [7, 11) is 1.78. The second-order valence-corrected chi connectivity index (χ2v) is 5.93. The van der Waals surface area contributed by atoms with Crippen molar-refractivity contribution in [2.24, 2.45) is 0 Å². The van der Waals surface area contributed by atoms with Crippen molar-refractivity contribution in [3.63, 3.8) is 0 Å². The molecule has 3 rings (SSSR count). The number of aromatic nitrogens is 2. The number of carbonyl (C=O) groups excluding carboxylic acids is 1. The van der Waals surface area contributed by atoms with Crippen LogP contribution in [0.2, 0.25) is 0 Å². The molecular formula is C16H23N3O3. The van der Waals surface area contributed by atoms with Crippen LogP contribution in [0.25, 0.3) is 0 Å². The minimum Gasteiger partial charge on any atom is -0.491 e. The van der Waals surface area contributed by atoms with Gasteiger partial charge in [-0.1, -0.05) is 6.42 Å². The Morgan fingerprint density at radius 1 is 1.23 bits per heavy atom. The van der Waals surface area contributed by atoms with E-state index in [4.69, 9.17) is 9.47 Å². The van der Waals surface area contributed by atoms with Crippen molar-refractivity contribution in [3.8, 4) is 0 Å². The molecule has 0 bridgehead atoms. The van der Waals surface area contributed by atoms with Crippen molar-refractivity contribution >= 4 is 5.91 Å². The van der Waals surface area contributed by atoms with E-state index >= 15 is 0 Å². The predicted molar refractivity (Wildman–Crippen MR) is 80.9 cm³/mol. The number of H-pyrrole nitrogens is 1. The van der Waals surface area contributed by atoms with E-state index < -0.39 is 0 Å². The molecule has 2 aliphatic rings. The number of fused-ring (bicyclic) bond motifs is 1. The Morgan fingerprint density at radius 3 is 2.82 bits per heavy atom. The summed E-state index contributed by atoms with van der Waals surface area (Å²) >= 11 is 0. The van der Waals surface area contributed by atoms with Gasteiger partial charge in [-0.2, -0.15) is 5.10 Å². The Morgan fingerprint density at radius 2 is 2.00 bits per heavy atom. The van der Waals surface area contributed by atoms with E-state index in [1.807, 2.05) is 0 Å². The number of aryl methyl sites for hydroxylation is 1. The zero-order chi connectivity index (χ0) is 15.5. The molecule has 6 nitrogen and oxygen atoms in total. The van der Waals surface area contributed by atoms with E-state index in [2.05, 4.69) is 10.2 Å². The van der Waals surface area contributed by atoms with Crippen molar-refractivity contribution in [3.05, 3.63) is 28.5 Å². The zero-order valence-electron chi connectivity index (χ0n) is 13.3. The van der Waals surface area contributed by atoms with Crippen molar-refractivity contribution in [1.82, 2.24) is 15.1 Å². The van der Waals surface area contributed by atoms with Crippen molar-refractivity contribution in [1.29, 1.82) is 0 Å². The van der Waals surface area contributed by atoms with Gasteiger partial charge in [0.15, 0.2) is 0 Å². The maximum atomic E-state index is 12.5. The maximum absolute atomic E-state index is 12.5. The molecule has 6 heteroatoms. The van der Waals surface area contributed by atoms with Crippen LogP contribution in [0.3, 0.4) is 0 Å². The highest BCUT2D eigenvalue weighted by molar-refractivity contribution is 5.91. The highest BCUT2D eigenvalue weighted by atomic mass is 16.6. The smallest absolute Gasteiger partial charge is 0.292 e. The zero-order valence-corrected chi connectivity index (χ0v) is 13.3. The highest BCUT2D eigenvalue weighted by Gasteiger charge is 2.25. The van der Waals surface area contributed by atoms with E-state index in [1.54, 1.807) is 18.9 Å². The number of ether oxygens (including phenoxy) is 2. The molecule has 120 valence electrons. The molecule has 1 N–H and O–H groups in total. The molecule has 0 aromatic carbocycles. The van der Waals surface area contributed by atoms with Crippen LogP contribution in [0.1, 0.15) is 43.1 Å². The minimum absolute atomic E-state index is 0.150. The molecule has 1 aliphatic carbocycles. The van der Waals surface area contributed by atoms with Gasteiger partial charge in [0.1, 0.15) is 19.0 Å². The Kier molecular flexibility index (Phi) is 4.36. The molecule has 0 spiro atoms. The van der Waals surface area contributed by atoms with Crippen LogP contribution in [0, 0.1) is 0 Å². The predicted octanol–water partition coefficient (Wildman–Crippen LogP) is 1.92. The van der Waals surface area contributed by atoms with E-state index in [0.717, 1.165) is 18.5 Å². The van der Waals surface area contributed by atoms with Crippen molar-refractivity contribution < 1.29 is 14.3 Å². The lowest BCUT2D eigenvalue weighted by atomic mass is 10.1. The van der Waals surface area contributed by atoms with Gasteiger partial charge in [0, 0.05) is 12.7 Å². The molecule has 1 aliphatic heterocycles. The van der Waals surface area contributed by atoms with Gasteiger partial charge in [-0.25, -0.2) is 0 Å². The van der Waals surface area contributed by atoms with E-state index in [1.165, 1.54) is 30.5 Å². The first-order valence-electron chi connectivity index (χ1n) is 7.93. The molecule has 0 saturated heterocycles. The summed E-state index contributed by atoms with van der Waals surface area (Å²) in [5, 5.41) is 7.56. The lowest BCUT2D eigenvalue weighted by molar-refractivity contribution is -0.132. The summed E-state index contributed by atoms with van der Waals surface area (Å²) in [6, 6.07) is 0. The summed E-state index contributed by atoms with van der Waals surface area (Å²) < 4.78 is 10.8. The van der Waals surface area contributed by atoms with Gasteiger partial charge in [0.05, 0.1) is 12.2 Å². The summed E-state index contributed by atoms with van der Waals surface area (Å²) in [4.78, 5) is 14.1. The quantitative estimate of drug-likeness (QED) is 0.866. The van der Waals surface area contributed by atoms with Crippen molar-refractivity contribution in [2.75, 3.05) is 20.3 Å². The molecule has 22 heavy (non-hydrogen) atoms. The first-order chi connectivity index (χ1) is 10.7. The summed E-state index contributed by atoms with van der Waals surface area (Å²) in [5.74, 6) is 0.724. The van der Waals surface area contributed by atoms with E-state index in [0.29, 0.717) is 31.3 Å². The molecule has 1 aromatic rings. The molecule has 0 unspecified atom stereocenters. The number of hydrogen-bond donors (Lipinski definition) is 1. The lowest BCUT2D eigenvalue weighted by Gasteiger charge is -2.23. The first kappa shape index (κ1) is 14.9. The number of likely N-dealkylation sites (N-methyl/N-ethyl adjacent to an activating group) is 1. The van der Waals surface area contributed by atoms with Gasteiger partial charge < -0.3 is 14.4 Å². The average molecular weight is 305 g/mol. The molecule has 0 radical (unpaired) electrons. The van der Waals surface area contributed by atoms with Crippen LogP contribution in [0.4, 0.5) is 0 Å². The van der Waals surface area contributed by atoms with Gasteiger partial charge in [0.25, 0.3) is 5.91 Å². The highest BCUT2D eigenvalue weighted by Crippen LogP contribution is 2.23. The van der Waals surface area contributed by atoms with Crippen LogP contribution < -0.4 is 0 Å². The normalized spacial score (nSPS) is 18.1. The second-order valence-electron chi connectivity index (χ2n) is 5.93. The number of nitrogens with one attached hydrogen (secondary N) is 1. The van der Waals surface area contributed by atoms with Gasteiger partial charge in [0.2, 0.25) is 5.76 Å². The Hall–Kier alpha value is -1.98. The summed E-state index contributed by atoms with van der Waals surface area (Å²) in [6.45, 7) is 3.18. The summed E-state index contributed by atoms with van der Waals surface area (Å²) in [5.41, 5.74) is 3.51. The Labute approximate surface area is 130 Å². The van der Waals surface area contributed by atoms with Gasteiger partial charge in [-0.3, -0.25) is 9.89 Å². The van der Waals surface area contributed by atoms with Gasteiger partial charge >= 0.3 is 0 Å². The fourth-order valence-electron chi connectivity index (χ4n) is 3.04. The Bertz CT molecular complexity index is 591.